The van der Waals surface area contributed by atoms with Crippen LogP contribution < -0.4 is 5.32 Å². The van der Waals surface area contributed by atoms with Gasteiger partial charge in [0.2, 0.25) is 0 Å². The van der Waals surface area contributed by atoms with Gasteiger partial charge in [0.25, 0.3) is 5.91 Å². The molecule has 3 rings (SSSR count). The molecule has 0 fully saturated rings. The first-order valence-electron chi connectivity index (χ1n) is 6.52. The Bertz CT molecular complexity index is 868. The fraction of sp³-hybridized carbons (Fsp3) is 0.0667. The lowest BCUT2D eigenvalue weighted by molar-refractivity contribution is 0.102. The summed E-state index contributed by atoms with van der Waals surface area (Å²) < 4.78 is 0.870. The number of hydrogen-bond acceptors (Lipinski definition) is 4. The average Bonchev–Trinajstić information content (AvgIpc) is 2.98. The number of nitrogens with one attached hydrogen (secondary N) is 1. The van der Waals surface area contributed by atoms with Crippen LogP contribution in [-0.2, 0) is 6.54 Å². The highest BCUT2D eigenvalue weighted by Crippen LogP contribution is 2.31. The van der Waals surface area contributed by atoms with Gasteiger partial charge in [-0.15, -0.1) is 11.3 Å². The molecule has 1 aromatic carbocycles. The van der Waals surface area contributed by atoms with Gasteiger partial charge in [0.1, 0.15) is 0 Å². The predicted octanol–water partition coefficient (Wildman–Crippen LogP) is 4.36. The second kappa shape index (κ2) is 6.26. The third kappa shape index (κ3) is 2.90. The summed E-state index contributed by atoms with van der Waals surface area (Å²) in [6.07, 6.45) is 1.65. The van der Waals surface area contributed by atoms with Gasteiger partial charge in [-0.05, 0) is 35.2 Å². The molecule has 2 aromatic heterocycles. The summed E-state index contributed by atoms with van der Waals surface area (Å²) in [5, 5.41) is 7.35. The number of fused-ring (bicyclic) bond motifs is 1. The molecule has 108 valence electrons. The largest absolute Gasteiger partial charge is 0.305 e. The van der Waals surface area contributed by atoms with Crippen molar-refractivity contribution >= 4 is 33.1 Å². The third-order valence-corrected chi connectivity index (χ3v) is 4.18. The highest BCUT2D eigenvalue weighted by atomic mass is 32.1. The number of carbonyl (C=O) groups is 1. The summed E-state index contributed by atoms with van der Waals surface area (Å²) in [5.41, 5.74) is 8.97. The van der Waals surface area contributed by atoms with E-state index in [9.17, 15) is 4.79 Å². The van der Waals surface area contributed by atoms with Gasteiger partial charge in [-0.2, -0.15) is 0 Å². The van der Waals surface area contributed by atoms with Gasteiger partial charge in [-0.3, -0.25) is 4.79 Å². The van der Waals surface area contributed by atoms with E-state index in [2.05, 4.69) is 20.3 Å². The molecular formula is C15H11N5OS. The zero-order valence-electron chi connectivity index (χ0n) is 11.4. The van der Waals surface area contributed by atoms with Gasteiger partial charge in [0.05, 0.1) is 11.2 Å². The summed E-state index contributed by atoms with van der Waals surface area (Å²) >= 11 is 1.46. The van der Waals surface area contributed by atoms with Gasteiger partial charge < -0.3 is 5.32 Å². The van der Waals surface area contributed by atoms with E-state index in [4.69, 9.17) is 5.53 Å². The third-order valence-electron chi connectivity index (χ3n) is 3.04. The summed E-state index contributed by atoms with van der Waals surface area (Å²) in [4.78, 5) is 20.1. The van der Waals surface area contributed by atoms with Crippen LogP contribution in [0.2, 0.25) is 0 Å². The zero-order chi connectivity index (χ0) is 15.4. The number of pyridine rings is 1. The minimum absolute atomic E-state index is 0.203. The molecule has 0 radical (unpaired) electrons. The van der Waals surface area contributed by atoms with E-state index in [1.807, 2.05) is 30.3 Å². The van der Waals surface area contributed by atoms with Crippen molar-refractivity contribution in [2.45, 2.75) is 6.54 Å². The molecule has 0 unspecified atom stereocenters. The number of nitrogens with zero attached hydrogens (tertiary/aromatic N) is 4. The van der Waals surface area contributed by atoms with E-state index >= 15 is 0 Å². The number of hydrogen-bond donors (Lipinski definition) is 1. The molecule has 6 nitrogen and oxygen atoms in total. The molecule has 22 heavy (non-hydrogen) atoms. The fourth-order valence-corrected chi connectivity index (χ4v) is 3.07. The second-order valence-electron chi connectivity index (χ2n) is 4.50. The maximum atomic E-state index is 12.2. The van der Waals surface area contributed by atoms with Crippen molar-refractivity contribution < 1.29 is 4.79 Å². The molecule has 0 aliphatic carbocycles. The van der Waals surface area contributed by atoms with Gasteiger partial charge >= 0.3 is 0 Å². The summed E-state index contributed by atoms with van der Waals surface area (Å²) in [6.45, 7) is 0.294. The lowest BCUT2D eigenvalue weighted by Gasteiger charge is -2.05. The quantitative estimate of drug-likeness (QED) is 0.440. The van der Waals surface area contributed by atoms with Crippen LogP contribution in [0.5, 0.6) is 0 Å². The molecule has 0 aliphatic heterocycles. The molecule has 2 heterocycles. The Morgan fingerprint density at radius 3 is 2.91 bits per heavy atom. The van der Waals surface area contributed by atoms with Crippen LogP contribution in [0, 0.1) is 0 Å². The number of aromatic nitrogens is 1. The number of rotatable bonds is 4. The van der Waals surface area contributed by atoms with E-state index < -0.39 is 0 Å². The molecule has 0 saturated carbocycles. The van der Waals surface area contributed by atoms with Crippen molar-refractivity contribution in [3.8, 4) is 0 Å². The maximum absolute atomic E-state index is 12.2. The van der Waals surface area contributed by atoms with Gasteiger partial charge in [0, 0.05) is 21.5 Å². The van der Waals surface area contributed by atoms with Crippen molar-refractivity contribution in [2.24, 2.45) is 5.11 Å². The molecule has 0 bridgehead atoms. The van der Waals surface area contributed by atoms with E-state index in [0.717, 1.165) is 15.0 Å². The van der Waals surface area contributed by atoms with Crippen LogP contribution in [0.15, 0.2) is 53.8 Å². The summed E-state index contributed by atoms with van der Waals surface area (Å²) in [6, 6.07) is 12.8. The molecular weight excluding hydrogens is 298 g/mol. The summed E-state index contributed by atoms with van der Waals surface area (Å²) in [5.74, 6) is 0.314. The highest BCUT2D eigenvalue weighted by Gasteiger charge is 2.11. The molecule has 1 N–H and O–H groups in total. The van der Waals surface area contributed by atoms with Crippen LogP contribution in [-0.4, -0.2) is 10.9 Å². The lowest BCUT2D eigenvalue weighted by atomic mass is 10.2. The number of thiophene rings is 1. The molecule has 7 heteroatoms. The van der Waals surface area contributed by atoms with Crippen LogP contribution in [0.3, 0.4) is 0 Å². The van der Waals surface area contributed by atoms with Crippen molar-refractivity contribution in [3.05, 3.63) is 69.5 Å². The van der Waals surface area contributed by atoms with Gasteiger partial charge in [0.15, 0.2) is 5.82 Å². The molecule has 1 amide bonds. The first kappa shape index (κ1) is 14.1. The van der Waals surface area contributed by atoms with E-state index in [-0.39, 0.29) is 5.91 Å². The minimum atomic E-state index is -0.203. The Labute approximate surface area is 130 Å². The van der Waals surface area contributed by atoms with Crippen molar-refractivity contribution in [1.29, 1.82) is 0 Å². The fourth-order valence-electron chi connectivity index (χ4n) is 2.06. The number of benzene rings is 1. The SMILES string of the molecule is [N-]=[N+]=NCc1cc2ccnc(NC(=O)c3ccccc3)c2s1. The van der Waals surface area contributed by atoms with Crippen molar-refractivity contribution in [2.75, 3.05) is 5.32 Å². The molecule has 0 aliphatic rings. The minimum Gasteiger partial charge on any atom is -0.305 e. The lowest BCUT2D eigenvalue weighted by Crippen LogP contribution is -2.12. The standard InChI is InChI=1S/C15H11N5OS/c16-20-18-9-12-8-11-6-7-17-14(13(11)22-12)19-15(21)10-4-2-1-3-5-10/h1-8H,9H2,(H,17,19,21). The van der Waals surface area contributed by atoms with Crippen LogP contribution in [0.25, 0.3) is 20.5 Å². The van der Waals surface area contributed by atoms with E-state index in [1.54, 1.807) is 18.3 Å². The first-order chi connectivity index (χ1) is 10.8. The highest BCUT2D eigenvalue weighted by molar-refractivity contribution is 7.19. The molecule has 0 saturated heterocycles. The predicted molar refractivity (Wildman–Crippen MR) is 86.9 cm³/mol. The Morgan fingerprint density at radius 1 is 1.32 bits per heavy atom. The van der Waals surface area contributed by atoms with E-state index in [0.29, 0.717) is 17.9 Å². The monoisotopic (exact) mass is 309 g/mol. The molecule has 0 spiro atoms. The van der Waals surface area contributed by atoms with Crippen LogP contribution in [0.1, 0.15) is 15.2 Å². The Morgan fingerprint density at radius 2 is 2.14 bits per heavy atom. The number of anilines is 1. The first-order valence-corrected chi connectivity index (χ1v) is 7.34. The normalized spacial score (nSPS) is 10.2. The van der Waals surface area contributed by atoms with Gasteiger partial charge in [-0.1, -0.05) is 23.3 Å². The topological polar surface area (TPSA) is 90.8 Å². The average molecular weight is 309 g/mol. The maximum Gasteiger partial charge on any atom is 0.256 e. The summed E-state index contributed by atoms with van der Waals surface area (Å²) in [7, 11) is 0. The smallest absolute Gasteiger partial charge is 0.256 e. The van der Waals surface area contributed by atoms with E-state index in [1.165, 1.54) is 11.3 Å². The molecule has 3 aromatic rings. The number of carbonyl (C=O) groups excluding carboxylic acids is 1. The number of azide groups is 1. The van der Waals surface area contributed by atoms with Crippen molar-refractivity contribution in [1.82, 2.24) is 4.98 Å². The zero-order valence-corrected chi connectivity index (χ0v) is 12.2. The van der Waals surface area contributed by atoms with Crippen LogP contribution >= 0.6 is 11.3 Å². The second-order valence-corrected chi connectivity index (χ2v) is 5.64. The Balaban J connectivity index is 1.92. The molecule has 0 atom stereocenters. The Kier molecular flexibility index (Phi) is 4.00. The Hall–Kier alpha value is -2.89. The van der Waals surface area contributed by atoms with Gasteiger partial charge in [-0.25, -0.2) is 4.98 Å². The van der Waals surface area contributed by atoms with Crippen LogP contribution in [0.4, 0.5) is 5.82 Å². The van der Waals surface area contributed by atoms with Crippen molar-refractivity contribution in [3.63, 3.8) is 0 Å². The number of amides is 1.